The third kappa shape index (κ3) is 4.73. The highest BCUT2D eigenvalue weighted by Crippen LogP contribution is 2.29. The van der Waals surface area contributed by atoms with Gasteiger partial charge in [-0.1, -0.05) is 36.7 Å². The second kappa shape index (κ2) is 9.18. The Morgan fingerprint density at radius 1 is 1.00 bits per heavy atom. The normalized spacial score (nSPS) is 20.6. The van der Waals surface area contributed by atoms with Crippen molar-refractivity contribution >= 4 is 33.2 Å². The molecule has 4 rings (SSSR count). The quantitative estimate of drug-likeness (QED) is 0.696. The van der Waals surface area contributed by atoms with Crippen molar-refractivity contribution in [2.45, 2.75) is 24.7 Å². The van der Waals surface area contributed by atoms with Crippen LogP contribution in [0.1, 0.15) is 30.1 Å². The minimum atomic E-state index is -3.73. The van der Waals surface area contributed by atoms with E-state index in [1.165, 1.54) is 16.4 Å². The highest BCUT2D eigenvalue weighted by Gasteiger charge is 2.31. The number of carbonyl (C=O) groups is 1. The molecule has 2 fully saturated rings. The minimum Gasteiger partial charge on any atom is -0.368 e. The van der Waals surface area contributed by atoms with E-state index >= 15 is 0 Å². The molecule has 2 saturated heterocycles. The highest BCUT2D eigenvalue weighted by molar-refractivity contribution is 7.89. The van der Waals surface area contributed by atoms with Gasteiger partial charge in [0.05, 0.1) is 5.02 Å². The van der Waals surface area contributed by atoms with Crippen molar-refractivity contribution in [1.82, 2.24) is 9.21 Å². The number of piperidine rings is 1. The molecule has 2 aliphatic heterocycles. The van der Waals surface area contributed by atoms with Crippen LogP contribution in [0.15, 0.2) is 53.4 Å². The van der Waals surface area contributed by atoms with Gasteiger partial charge in [-0.05, 0) is 49.1 Å². The van der Waals surface area contributed by atoms with Crippen molar-refractivity contribution in [3.63, 3.8) is 0 Å². The zero-order valence-corrected chi connectivity index (χ0v) is 19.3. The average molecular weight is 462 g/mol. The van der Waals surface area contributed by atoms with E-state index in [-0.39, 0.29) is 15.8 Å². The van der Waals surface area contributed by atoms with E-state index < -0.39 is 10.0 Å². The molecule has 0 aliphatic carbocycles. The lowest BCUT2D eigenvalue weighted by molar-refractivity contribution is 0.0746. The van der Waals surface area contributed by atoms with E-state index in [0.717, 1.165) is 31.6 Å². The molecule has 2 heterocycles. The molecule has 2 aromatic carbocycles. The largest absolute Gasteiger partial charge is 0.368 e. The van der Waals surface area contributed by atoms with Gasteiger partial charge in [0.15, 0.2) is 0 Å². The van der Waals surface area contributed by atoms with Gasteiger partial charge in [0, 0.05) is 50.5 Å². The monoisotopic (exact) mass is 461 g/mol. The molecule has 1 unspecified atom stereocenters. The number of hydrogen-bond acceptors (Lipinski definition) is 4. The van der Waals surface area contributed by atoms with Crippen LogP contribution in [-0.4, -0.2) is 62.8 Å². The van der Waals surface area contributed by atoms with Gasteiger partial charge in [0.2, 0.25) is 10.0 Å². The summed E-state index contributed by atoms with van der Waals surface area (Å²) in [4.78, 5) is 17.2. The predicted molar refractivity (Wildman–Crippen MR) is 123 cm³/mol. The number of amides is 1. The molecule has 2 aliphatic rings. The molecule has 1 atom stereocenters. The van der Waals surface area contributed by atoms with Crippen molar-refractivity contribution < 1.29 is 13.2 Å². The Hall–Kier alpha value is -2.09. The number of carbonyl (C=O) groups excluding carboxylic acids is 1. The Kier molecular flexibility index (Phi) is 6.55. The summed E-state index contributed by atoms with van der Waals surface area (Å²) in [6, 6.07) is 14.7. The summed E-state index contributed by atoms with van der Waals surface area (Å²) >= 11 is 6.28. The fraction of sp³-hybridized carbons (Fsp3) is 0.435. The Balaban J connectivity index is 1.50. The van der Waals surface area contributed by atoms with Gasteiger partial charge in [-0.15, -0.1) is 0 Å². The molecule has 0 bridgehead atoms. The zero-order valence-electron chi connectivity index (χ0n) is 17.7. The summed E-state index contributed by atoms with van der Waals surface area (Å²) in [5.41, 5.74) is 1.51. The zero-order chi connectivity index (χ0) is 22.0. The molecule has 0 N–H and O–H groups in total. The number of para-hydroxylation sites is 1. The van der Waals surface area contributed by atoms with Gasteiger partial charge in [-0.2, -0.15) is 4.31 Å². The first-order valence-corrected chi connectivity index (χ1v) is 12.6. The average Bonchev–Trinajstić information content (AvgIpc) is 2.79. The van der Waals surface area contributed by atoms with Gasteiger partial charge >= 0.3 is 0 Å². The van der Waals surface area contributed by atoms with E-state index in [2.05, 4.69) is 24.0 Å². The van der Waals surface area contributed by atoms with E-state index in [1.807, 2.05) is 18.2 Å². The van der Waals surface area contributed by atoms with Gasteiger partial charge in [0.25, 0.3) is 5.91 Å². The standard InChI is InChI=1S/C23H28ClN3O3S/c1-18-6-5-11-27(17-18)31(29,30)22-16-19(9-10-21(22)24)23(28)26-14-12-25(13-15-26)20-7-3-2-4-8-20/h2-4,7-10,16,18H,5-6,11-15,17H2,1H3. The maximum atomic E-state index is 13.2. The number of piperazine rings is 1. The Morgan fingerprint density at radius 2 is 1.71 bits per heavy atom. The van der Waals surface area contributed by atoms with Gasteiger partial charge in [-0.3, -0.25) is 4.79 Å². The second-order valence-corrected chi connectivity index (χ2v) is 10.7. The van der Waals surface area contributed by atoms with Crippen LogP contribution in [0.5, 0.6) is 0 Å². The van der Waals surface area contributed by atoms with E-state index in [4.69, 9.17) is 11.6 Å². The molecule has 0 spiro atoms. The van der Waals surface area contributed by atoms with Crippen molar-refractivity contribution in [3.8, 4) is 0 Å². The Labute approximate surface area is 189 Å². The molecule has 6 nitrogen and oxygen atoms in total. The molecule has 1 amide bonds. The van der Waals surface area contributed by atoms with Crippen molar-refractivity contribution in [2.24, 2.45) is 5.92 Å². The van der Waals surface area contributed by atoms with Gasteiger partial charge in [-0.25, -0.2) is 8.42 Å². The summed E-state index contributed by atoms with van der Waals surface area (Å²) in [6.45, 7) is 5.67. The summed E-state index contributed by atoms with van der Waals surface area (Å²) < 4.78 is 27.9. The van der Waals surface area contributed by atoms with Crippen LogP contribution >= 0.6 is 11.6 Å². The van der Waals surface area contributed by atoms with Crippen LogP contribution in [0, 0.1) is 5.92 Å². The Morgan fingerprint density at radius 3 is 2.39 bits per heavy atom. The second-order valence-electron chi connectivity index (χ2n) is 8.37. The lowest BCUT2D eigenvalue weighted by atomic mass is 10.0. The summed E-state index contributed by atoms with van der Waals surface area (Å²) in [7, 11) is -3.73. The van der Waals surface area contributed by atoms with Crippen molar-refractivity contribution in [3.05, 3.63) is 59.1 Å². The van der Waals surface area contributed by atoms with Crippen molar-refractivity contribution in [1.29, 1.82) is 0 Å². The van der Waals surface area contributed by atoms with E-state index in [1.54, 1.807) is 11.0 Å². The molecule has 2 aromatic rings. The van der Waals surface area contributed by atoms with Crippen LogP contribution in [-0.2, 0) is 10.0 Å². The van der Waals surface area contributed by atoms with Crippen LogP contribution < -0.4 is 4.90 Å². The molecule has 0 saturated carbocycles. The van der Waals surface area contributed by atoms with Crippen LogP contribution in [0.25, 0.3) is 0 Å². The Bertz CT molecular complexity index is 1040. The lowest BCUT2D eigenvalue weighted by Gasteiger charge is -2.36. The number of anilines is 1. The molecular formula is C23H28ClN3O3S. The highest BCUT2D eigenvalue weighted by atomic mass is 35.5. The van der Waals surface area contributed by atoms with Crippen molar-refractivity contribution in [2.75, 3.05) is 44.2 Å². The number of hydrogen-bond donors (Lipinski definition) is 0. The first-order valence-electron chi connectivity index (χ1n) is 10.8. The van der Waals surface area contributed by atoms with E-state index in [0.29, 0.717) is 37.7 Å². The van der Waals surface area contributed by atoms with E-state index in [9.17, 15) is 13.2 Å². The summed E-state index contributed by atoms with van der Waals surface area (Å²) in [6.07, 6.45) is 1.86. The molecule has 31 heavy (non-hydrogen) atoms. The summed E-state index contributed by atoms with van der Waals surface area (Å²) in [5, 5.41) is 0.156. The molecule has 0 radical (unpaired) electrons. The maximum Gasteiger partial charge on any atom is 0.254 e. The number of rotatable bonds is 4. The predicted octanol–water partition coefficient (Wildman–Crippen LogP) is 3.72. The third-order valence-corrected chi connectivity index (χ3v) is 8.45. The fourth-order valence-corrected chi connectivity index (χ4v) is 6.43. The number of halogens is 1. The van der Waals surface area contributed by atoms with Crippen LogP contribution in [0.4, 0.5) is 5.69 Å². The minimum absolute atomic E-state index is 0.0250. The van der Waals surface area contributed by atoms with Crippen LogP contribution in [0.3, 0.4) is 0 Å². The molecule has 0 aromatic heterocycles. The smallest absolute Gasteiger partial charge is 0.254 e. The number of sulfonamides is 1. The van der Waals surface area contributed by atoms with Gasteiger partial charge in [0.1, 0.15) is 4.90 Å². The summed E-state index contributed by atoms with van der Waals surface area (Å²) in [5.74, 6) is 0.154. The first-order chi connectivity index (χ1) is 14.9. The SMILES string of the molecule is CC1CCCN(S(=O)(=O)c2cc(C(=O)N3CCN(c4ccccc4)CC3)ccc2Cl)C1. The maximum absolute atomic E-state index is 13.2. The molecular weight excluding hydrogens is 434 g/mol. The first kappa shape index (κ1) is 22.1. The topological polar surface area (TPSA) is 60.9 Å². The molecule has 8 heteroatoms. The lowest BCUT2D eigenvalue weighted by Crippen LogP contribution is -2.48. The van der Waals surface area contributed by atoms with Crippen LogP contribution in [0.2, 0.25) is 5.02 Å². The molecule has 166 valence electrons. The van der Waals surface area contributed by atoms with Gasteiger partial charge < -0.3 is 9.80 Å². The third-order valence-electron chi connectivity index (χ3n) is 6.10. The number of nitrogens with zero attached hydrogens (tertiary/aromatic N) is 3. The number of benzene rings is 2. The fourth-order valence-electron chi connectivity index (χ4n) is 4.33.